The summed E-state index contributed by atoms with van der Waals surface area (Å²) in [6.45, 7) is 0.772. The number of aliphatic hydroxyl groups excluding tert-OH is 1. The number of hydrogen-bond donors (Lipinski definition) is 3. The van der Waals surface area contributed by atoms with Crippen molar-refractivity contribution in [3.8, 4) is 5.75 Å². The quantitative estimate of drug-likeness (QED) is 0.415. The van der Waals surface area contributed by atoms with E-state index in [0.717, 1.165) is 10.6 Å². The second-order valence-corrected chi connectivity index (χ2v) is 9.30. The molecule has 1 aliphatic rings. The van der Waals surface area contributed by atoms with Crippen molar-refractivity contribution >= 4 is 13.7 Å². The lowest BCUT2D eigenvalue weighted by atomic mass is 10.1. The fourth-order valence-electron chi connectivity index (χ4n) is 3.39. The van der Waals surface area contributed by atoms with Crippen LogP contribution in [-0.2, 0) is 29.9 Å². The number of methoxy groups -OCH3 is 1. The van der Waals surface area contributed by atoms with E-state index in [1.165, 1.54) is 39.2 Å². The average molecular weight is 499 g/mol. The lowest BCUT2D eigenvalue weighted by Crippen LogP contribution is -2.39. The molecule has 0 bridgehead atoms. The predicted molar refractivity (Wildman–Crippen MR) is 118 cm³/mol. The van der Waals surface area contributed by atoms with Crippen molar-refractivity contribution in [1.82, 2.24) is 14.9 Å². The number of carbonyl (C=O) groups is 1. The van der Waals surface area contributed by atoms with Crippen molar-refractivity contribution in [2.24, 2.45) is 0 Å². The molecule has 2 aromatic rings. The van der Waals surface area contributed by atoms with E-state index in [1.54, 1.807) is 12.1 Å². The largest absolute Gasteiger partial charge is 0.445 e. The number of benzene rings is 1. The van der Waals surface area contributed by atoms with E-state index in [1.807, 2.05) is 0 Å². The molecule has 0 saturated carbocycles. The van der Waals surface area contributed by atoms with Crippen LogP contribution in [0.3, 0.4) is 0 Å². The molecule has 34 heavy (non-hydrogen) atoms. The maximum absolute atomic E-state index is 13.1. The van der Waals surface area contributed by atoms with E-state index in [4.69, 9.17) is 23.3 Å². The number of H-pyrrole nitrogens is 1. The van der Waals surface area contributed by atoms with Crippen molar-refractivity contribution < 1.29 is 37.7 Å². The number of rotatable bonds is 9. The molecule has 1 aliphatic heterocycles. The fraction of sp³-hybridized carbons (Fsp3) is 0.450. The van der Waals surface area contributed by atoms with Crippen LogP contribution in [0.15, 0.2) is 46.1 Å². The van der Waals surface area contributed by atoms with Crippen molar-refractivity contribution in [2.45, 2.75) is 31.1 Å². The Morgan fingerprint density at radius 1 is 1.24 bits per heavy atom. The minimum Gasteiger partial charge on any atom is -0.445 e. The monoisotopic (exact) mass is 499 g/mol. The molecule has 3 N–H and O–H groups in total. The standard InChI is InChI=1S/C20H26N3O10P/c1-21-20(27)30-11-12-4-6-13(7-5-12)32-34(3,28)33-16-14(10-24)31-18(17(16)29-2)23-9-8-15(25)22-19(23)26/h4-9,14,16-18,24H,10-11H2,1-3H3,(H,21,27)(H,22,25,26)/t14-,16?,17?,18-,34?/m1/s1. The Balaban J connectivity index is 1.73. The zero-order valence-electron chi connectivity index (χ0n) is 18.7. The molecule has 13 nitrogen and oxygen atoms in total. The highest BCUT2D eigenvalue weighted by Crippen LogP contribution is 2.49. The number of aromatic amines is 1. The smallest absolute Gasteiger partial charge is 0.407 e. The van der Waals surface area contributed by atoms with E-state index in [9.17, 15) is 24.1 Å². The first-order valence-corrected chi connectivity index (χ1v) is 12.2. The van der Waals surface area contributed by atoms with Gasteiger partial charge in [0.1, 0.15) is 30.7 Å². The Labute approximate surface area is 194 Å². The highest BCUT2D eigenvalue weighted by molar-refractivity contribution is 7.53. The van der Waals surface area contributed by atoms with E-state index in [2.05, 4.69) is 10.3 Å². The van der Waals surface area contributed by atoms with Crippen molar-refractivity contribution in [3.63, 3.8) is 0 Å². The second-order valence-electron chi connectivity index (χ2n) is 7.37. The van der Waals surface area contributed by atoms with Gasteiger partial charge in [0, 0.05) is 33.1 Å². The molecule has 186 valence electrons. The third-order valence-electron chi connectivity index (χ3n) is 4.94. The van der Waals surface area contributed by atoms with Gasteiger partial charge in [-0.05, 0) is 17.7 Å². The van der Waals surface area contributed by atoms with Crippen LogP contribution in [0, 0.1) is 0 Å². The van der Waals surface area contributed by atoms with Crippen LogP contribution in [0.4, 0.5) is 4.79 Å². The Hall–Kier alpha value is -2.96. The van der Waals surface area contributed by atoms with Crippen LogP contribution in [0.25, 0.3) is 0 Å². The molecule has 1 aromatic carbocycles. The van der Waals surface area contributed by atoms with Gasteiger partial charge in [0.25, 0.3) is 5.56 Å². The summed E-state index contributed by atoms with van der Waals surface area (Å²) < 4.78 is 41.6. The number of nitrogens with one attached hydrogen (secondary N) is 2. The minimum absolute atomic E-state index is 0.0405. The highest BCUT2D eigenvalue weighted by Gasteiger charge is 2.49. The lowest BCUT2D eigenvalue weighted by molar-refractivity contribution is -0.0625. The molecule has 0 radical (unpaired) electrons. The summed E-state index contributed by atoms with van der Waals surface area (Å²) in [7, 11) is -0.975. The Morgan fingerprint density at radius 3 is 2.53 bits per heavy atom. The summed E-state index contributed by atoms with van der Waals surface area (Å²) in [5.74, 6) is 0.233. The van der Waals surface area contributed by atoms with Gasteiger partial charge < -0.3 is 29.2 Å². The van der Waals surface area contributed by atoms with Crippen LogP contribution in [0.2, 0.25) is 0 Å². The van der Waals surface area contributed by atoms with Crippen molar-refractivity contribution in [2.75, 3.05) is 27.4 Å². The van der Waals surface area contributed by atoms with Gasteiger partial charge in [0.15, 0.2) is 6.23 Å². The molecule has 3 unspecified atom stereocenters. The molecule has 1 saturated heterocycles. The number of alkyl carbamates (subject to hydrolysis) is 1. The maximum Gasteiger partial charge on any atom is 0.407 e. The first-order chi connectivity index (χ1) is 16.2. The number of amides is 1. The van der Waals surface area contributed by atoms with Crippen LogP contribution in [0.5, 0.6) is 5.75 Å². The number of carbonyl (C=O) groups excluding carboxylic acids is 1. The second kappa shape index (κ2) is 11.0. The molecule has 1 aromatic heterocycles. The maximum atomic E-state index is 13.1. The van der Waals surface area contributed by atoms with Gasteiger partial charge in [0.05, 0.1) is 6.61 Å². The van der Waals surface area contributed by atoms with Gasteiger partial charge in [0.2, 0.25) is 0 Å². The molecule has 5 atom stereocenters. The summed E-state index contributed by atoms with van der Waals surface area (Å²) in [5, 5.41) is 12.1. The van der Waals surface area contributed by atoms with E-state index in [0.29, 0.717) is 5.56 Å². The summed E-state index contributed by atoms with van der Waals surface area (Å²) in [6, 6.07) is 7.46. The molecule has 1 fully saturated rings. The zero-order chi connectivity index (χ0) is 24.9. The molecular weight excluding hydrogens is 473 g/mol. The Bertz CT molecular complexity index is 1150. The third kappa shape index (κ3) is 6.13. The van der Waals surface area contributed by atoms with Crippen LogP contribution < -0.4 is 21.1 Å². The summed E-state index contributed by atoms with van der Waals surface area (Å²) >= 11 is 0. The van der Waals surface area contributed by atoms with Gasteiger partial charge in [-0.25, -0.2) is 14.2 Å². The molecule has 14 heteroatoms. The van der Waals surface area contributed by atoms with Crippen molar-refractivity contribution in [1.29, 1.82) is 0 Å². The normalized spacial score (nSPS) is 23.8. The highest BCUT2D eigenvalue weighted by atomic mass is 31.2. The van der Waals surface area contributed by atoms with Gasteiger partial charge in [-0.1, -0.05) is 12.1 Å². The number of nitrogens with zero attached hydrogens (tertiary/aromatic N) is 1. The lowest BCUT2D eigenvalue weighted by Gasteiger charge is -2.26. The third-order valence-corrected chi connectivity index (χ3v) is 6.11. The first kappa shape index (κ1) is 25.7. The predicted octanol–water partition coefficient (Wildman–Crippen LogP) is 0.584. The topological polar surface area (TPSA) is 167 Å². The summed E-state index contributed by atoms with van der Waals surface area (Å²) in [4.78, 5) is 36.9. The Kier molecular flexibility index (Phi) is 8.28. The van der Waals surface area contributed by atoms with Crippen LogP contribution in [0.1, 0.15) is 11.8 Å². The first-order valence-electron chi connectivity index (χ1n) is 10.2. The van der Waals surface area contributed by atoms with Gasteiger partial charge in [-0.15, -0.1) is 0 Å². The molecule has 2 heterocycles. The molecular formula is C20H26N3O10P. The van der Waals surface area contributed by atoms with Crippen molar-refractivity contribution in [3.05, 3.63) is 62.9 Å². The zero-order valence-corrected chi connectivity index (χ0v) is 19.6. The number of aliphatic hydroxyl groups is 1. The van der Waals surface area contributed by atoms with Crippen LogP contribution >= 0.6 is 7.60 Å². The Morgan fingerprint density at radius 2 is 1.94 bits per heavy atom. The summed E-state index contributed by atoms with van der Waals surface area (Å²) in [5.41, 5.74) is -0.647. The molecule has 0 aliphatic carbocycles. The number of aromatic nitrogens is 2. The van der Waals surface area contributed by atoms with Crippen LogP contribution in [-0.4, -0.2) is 66.5 Å². The number of hydrogen-bond acceptors (Lipinski definition) is 10. The van der Waals surface area contributed by atoms with Gasteiger partial charge in [-0.2, -0.15) is 0 Å². The van der Waals surface area contributed by atoms with Gasteiger partial charge in [-0.3, -0.25) is 18.9 Å². The SMILES string of the molecule is CNC(=O)OCc1ccc(OP(C)(=O)OC2C(OC)[C@H](n3ccc(=O)[nH]c3=O)O[C@@H]2CO)cc1. The average Bonchev–Trinajstić information content (AvgIpc) is 3.14. The molecule has 0 spiro atoms. The van der Waals surface area contributed by atoms with E-state index >= 15 is 0 Å². The summed E-state index contributed by atoms with van der Waals surface area (Å²) in [6.07, 6.45) is -3.41. The van der Waals surface area contributed by atoms with Gasteiger partial charge >= 0.3 is 19.4 Å². The fourth-order valence-corrected chi connectivity index (χ4v) is 4.63. The molecule has 3 rings (SSSR count). The number of ether oxygens (including phenoxy) is 3. The molecule has 1 amide bonds. The van der Waals surface area contributed by atoms with E-state index < -0.39 is 56.1 Å². The minimum atomic E-state index is -3.77. The van der Waals surface area contributed by atoms with E-state index in [-0.39, 0.29) is 12.4 Å².